The maximum atomic E-state index is 11.9. The lowest BCUT2D eigenvalue weighted by Gasteiger charge is -2.13. The molecule has 3 aromatic rings. The molecule has 3 aromatic carbocycles. The molecule has 5 heteroatoms. The maximum absolute atomic E-state index is 11.9. The predicted molar refractivity (Wildman–Crippen MR) is 104 cm³/mol. The zero-order chi connectivity index (χ0) is 16.8. The molecule has 0 heterocycles. The van der Waals surface area contributed by atoms with Crippen molar-refractivity contribution in [3.8, 4) is 0 Å². The molecule has 0 saturated carbocycles. The van der Waals surface area contributed by atoms with Crippen molar-refractivity contribution < 1.29 is 9.90 Å². The molecule has 0 radical (unpaired) electrons. The summed E-state index contributed by atoms with van der Waals surface area (Å²) < 4.78 is 0. The van der Waals surface area contributed by atoms with Gasteiger partial charge in [-0.05, 0) is 34.5 Å². The minimum Gasteiger partial charge on any atom is -0.387 e. The molecule has 3 rings (SSSR count). The first kappa shape index (κ1) is 18.8. The molecule has 0 aromatic heterocycles. The minimum absolute atomic E-state index is 0. The Hall–Kier alpha value is -2.56. The number of amides is 1. The van der Waals surface area contributed by atoms with Crippen LogP contribution in [0.2, 0.25) is 0 Å². The van der Waals surface area contributed by atoms with Gasteiger partial charge < -0.3 is 15.7 Å². The van der Waals surface area contributed by atoms with Crippen molar-refractivity contribution in [2.75, 3.05) is 18.4 Å². The number of rotatable bonds is 6. The zero-order valence-corrected chi connectivity index (χ0v) is 14.5. The second-order valence-electron chi connectivity index (χ2n) is 5.65. The summed E-state index contributed by atoms with van der Waals surface area (Å²) in [4.78, 5) is 11.9. The van der Waals surface area contributed by atoms with Crippen molar-refractivity contribution in [3.63, 3.8) is 0 Å². The summed E-state index contributed by atoms with van der Waals surface area (Å²) in [7, 11) is 0. The minimum atomic E-state index is -0.727. The second-order valence-corrected chi connectivity index (χ2v) is 5.65. The lowest BCUT2D eigenvalue weighted by atomic mass is 10.0. The molecule has 0 aliphatic rings. The summed E-state index contributed by atoms with van der Waals surface area (Å²) >= 11 is 0. The maximum Gasteiger partial charge on any atom is 0.239 e. The fourth-order valence-corrected chi connectivity index (χ4v) is 2.54. The van der Waals surface area contributed by atoms with Gasteiger partial charge in [0.2, 0.25) is 5.91 Å². The third kappa shape index (κ3) is 5.21. The van der Waals surface area contributed by atoms with E-state index in [2.05, 4.69) is 10.6 Å². The van der Waals surface area contributed by atoms with E-state index in [0.717, 1.165) is 22.0 Å². The number of hydrogen-bond donors (Lipinski definition) is 3. The molecule has 0 spiro atoms. The fourth-order valence-electron chi connectivity index (χ4n) is 2.54. The first-order valence-electron chi connectivity index (χ1n) is 7.95. The van der Waals surface area contributed by atoms with Gasteiger partial charge in [-0.2, -0.15) is 0 Å². The van der Waals surface area contributed by atoms with E-state index in [1.165, 1.54) is 0 Å². The monoisotopic (exact) mass is 356 g/mol. The van der Waals surface area contributed by atoms with Gasteiger partial charge >= 0.3 is 0 Å². The lowest BCUT2D eigenvalue weighted by Crippen LogP contribution is -2.33. The van der Waals surface area contributed by atoms with Gasteiger partial charge in [0.25, 0.3) is 0 Å². The van der Waals surface area contributed by atoms with Crippen molar-refractivity contribution in [1.82, 2.24) is 5.32 Å². The van der Waals surface area contributed by atoms with Crippen LogP contribution in [0.4, 0.5) is 5.69 Å². The van der Waals surface area contributed by atoms with Crippen molar-refractivity contribution in [1.29, 1.82) is 0 Å². The van der Waals surface area contributed by atoms with Gasteiger partial charge in [0.05, 0.1) is 12.6 Å². The number of fused-ring (bicyclic) bond motifs is 1. The molecule has 0 aliphatic carbocycles. The number of hydrogen-bond acceptors (Lipinski definition) is 3. The summed E-state index contributed by atoms with van der Waals surface area (Å²) in [6, 6.07) is 23.3. The number of carbonyl (C=O) groups excluding carboxylic acids is 1. The molecular weight excluding hydrogens is 336 g/mol. The van der Waals surface area contributed by atoms with Gasteiger partial charge in [-0.25, -0.2) is 0 Å². The second kappa shape index (κ2) is 9.06. The van der Waals surface area contributed by atoms with Gasteiger partial charge in [0.1, 0.15) is 0 Å². The van der Waals surface area contributed by atoms with Crippen LogP contribution < -0.4 is 10.6 Å². The van der Waals surface area contributed by atoms with Crippen LogP contribution in [0.25, 0.3) is 10.8 Å². The molecule has 4 nitrogen and oxygen atoms in total. The summed E-state index contributed by atoms with van der Waals surface area (Å²) in [5.74, 6) is -0.154. The standard InChI is InChI=1S/C20H20N2O2.ClH/c23-19(17-11-10-15-6-4-5-7-16(15)12-17)13-22-20(24)14-21-18-8-2-1-3-9-18;/h1-12,19,21,23H,13-14H2,(H,22,24);1H. The van der Waals surface area contributed by atoms with Crippen LogP contribution in [0.5, 0.6) is 0 Å². The molecule has 0 fully saturated rings. The van der Waals surface area contributed by atoms with Crippen LogP contribution >= 0.6 is 12.4 Å². The van der Waals surface area contributed by atoms with E-state index in [1.54, 1.807) is 0 Å². The normalized spacial score (nSPS) is 11.4. The van der Waals surface area contributed by atoms with E-state index in [0.29, 0.717) is 0 Å². The molecule has 130 valence electrons. The molecule has 0 saturated heterocycles. The van der Waals surface area contributed by atoms with Crippen LogP contribution in [-0.2, 0) is 4.79 Å². The highest BCUT2D eigenvalue weighted by Gasteiger charge is 2.10. The van der Waals surface area contributed by atoms with E-state index in [1.807, 2.05) is 72.8 Å². The van der Waals surface area contributed by atoms with E-state index in [9.17, 15) is 9.90 Å². The van der Waals surface area contributed by atoms with Crippen LogP contribution in [0.1, 0.15) is 11.7 Å². The highest BCUT2D eigenvalue weighted by molar-refractivity contribution is 5.85. The quantitative estimate of drug-likeness (QED) is 0.633. The van der Waals surface area contributed by atoms with Crippen molar-refractivity contribution in [3.05, 3.63) is 78.4 Å². The van der Waals surface area contributed by atoms with E-state index < -0.39 is 6.10 Å². The third-order valence-electron chi connectivity index (χ3n) is 3.88. The SMILES string of the molecule is Cl.O=C(CNc1ccccc1)NCC(O)c1ccc2ccccc2c1. The molecule has 1 unspecified atom stereocenters. The predicted octanol–water partition coefficient (Wildman–Crippen LogP) is 3.52. The number of aliphatic hydroxyl groups is 1. The number of para-hydroxylation sites is 1. The third-order valence-corrected chi connectivity index (χ3v) is 3.88. The van der Waals surface area contributed by atoms with Gasteiger partial charge in [0, 0.05) is 12.2 Å². The van der Waals surface area contributed by atoms with Gasteiger partial charge in [-0.3, -0.25) is 4.79 Å². The van der Waals surface area contributed by atoms with Crippen molar-refractivity contribution >= 4 is 34.8 Å². The Kier molecular flexibility index (Phi) is 6.81. The first-order valence-corrected chi connectivity index (χ1v) is 7.95. The Morgan fingerprint density at radius 3 is 2.36 bits per heavy atom. The highest BCUT2D eigenvalue weighted by Crippen LogP contribution is 2.20. The van der Waals surface area contributed by atoms with Crippen LogP contribution in [-0.4, -0.2) is 24.1 Å². The Morgan fingerprint density at radius 1 is 0.920 bits per heavy atom. The topological polar surface area (TPSA) is 61.4 Å². The number of halogens is 1. The number of anilines is 1. The molecule has 1 atom stereocenters. The first-order chi connectivity index (χ1) is 11.7. The average Bonchev–Trinajstić information content (AvgIpc) is 2.65. The molecule has 3 N–H and O–H groups in total. The van der Waals surface area contributed by atoms with Gasteiger partial charge in [-0.1, -0.05) is 54.6 Å². The smallest absolute Gasteiger partial charge is 0.239 e. The summed E-state index contributed by atoms with van der Waals surface area (Å²) in [5, 5.41) is 18.3. The van der Waals surface area contributed by atoms with Crippen molar-refractivity contribution in [2.45, 2.75) is 6.10 Å². The molecule has 1 amide bonds. The molecular formula is C20H21ClN2O2. The highest BCUT2D eigenvalue weighted by atomic mass is 35.5. The lowest BCUT2D eigenvalue weighted by molar-refractivity contribution is -0.119. The largest absolute Gasteiger partial charge is 0.387 e. The Labute approximate surface area is 153 Å². The van der Waals surface area contributed by atoms with E-state index >= 15 is 0 Å². The average molecular weight is 357 g/mol. The summed E-state index contributed by atoms with van der Waals surface area (Å²) in [6.07, 6.45) is -0.727. The number of benzene rings is 3. The Morgan fingerprint density at radius 2 is 1.60 bits per heavy atom. The number of aliphatic hydroxyl groups excluding tert-OH is 1. The Bertz CT molecular complexity index is 824. The van der Waals surface area contributed by atoms with E-state index in [-0.39, 0.29) is 31.4 Å². The van der Waals surface area contributed by atoms with Crippen LogP contribution in [0, 0.1) is 0 Å². The van der Waals surface area contributed by atoms with Crippen LogP contribution in [0.3, 0.4) is 0 Å². The van der Waals surface area contributed by atoms with E-state index in [4.69, 9.17) is 0 Å². The van der Waals surface area contributed by atoms with Crippen molar-refractivity contribution in [2.24, 2.45) is 0 Å². The molecule has 0 aliphatic heterocycles. The number of carbonyl (C=O) groups is 1. The zero-order valence-electron chi connectivity index (χ0n) is 13.7. The van der Waals surface area contributed by atoms with Gasteiger partial charge in [0.15, 0.2) is 0 Å². The summed E-state index contributed by atoms with van der Waals surface area (Å²) in [5.41, 5.74) is 1.69. The molecule has 0 bridgehead atoms. The molecule has 25 heavy (non-hydrogen) atoms. The van der Waals surface area contributed by atoms with Crippen LogP contribution in [0.15, 0.2) is 72.8 Å². The van der Waals surface area contributed by atoms with Gasteiger partial charge in [-0.15, -0.1) is 12.4 Å². The number of nitrogens with one attached hydrogen (secondary N) is 2. The Balaban J connectivity index is 0.00000225. The fraction of sp³-hybridized carbons (Fsp3) is 0.150. The summed E-state index contributed by atoms with van der Waals surface area (Å²) in [6.45, 7) is 0.363.